The maximum atomic E-state index is 12.5. The Morgan fingerprint density at radius 3 is 2.53 bits per heavy atom. The van der Waals surface area contributed by atoms with Gasteiger partial charge in [0.2, 0.25) is 0 Å². The molecule has 0 atom stereocenters. The molecule has 0 amide bonds. The van der Waals surface area contributed by atoms with E-state index in [4.69, 9.17) is 0 Å². The largest absolute Gasteiger partial charge is 0.516 e. The maximum Gasteiger partial charge on any atom is 0.516 e. The molecule has 1 aromatic rings. The Balaban J connectivity index is 2.52. The molecule has 3 nitrogen and oxygen atoms in total. The summed E-state index contributed by atoms with van der Waals surface area (Å²) in [5.41, 5.74) is -3.64. The zero-order valence-electron chi connectivity index (χ0n) is 8.95. The van der Waals surface area contributed by atoms with Crippen LogP contribution in [-0.2, 0) is 16.4 Å². The van der Waals surface area contributed by atoms with Crippen LogP contribution in [-0.4, -0.2) is 20.5 Å². The Hall–Kier alpha value is -1.24. The molecule has 0 N–H and O–H groups in total. The smallest absolute Gasteiger partial charge is 0.262 e. The molecule has 0 radical (unpaired) electrons. The van der Waals surface area contributed by atoms with Crippen LogP contribution in [0.4, 0.5) is 18.9 Å². The lowest BCUT2D eigenvalue weighted by molar-refractivity contribution is -0.0437. The highest BCUT2D eigenvalue weighted by molar-refractivity contribution is 7.93. The summed E-state index contributed by atoms with van der Waals surface area (Å²) in [7, 11) is -5.27. The molecule has 17 heavy (non-hydrogen) atoms. The topological polar surface area (TPSA) is 37.4 Å². The summed E-state index contributed by atoms with van der Waals surface area (Å²) < 4.78 is 60.4. The van der Waals surface area contributed by atoms with Crippen LogP contribution in [0.5, 0.6) is 0 Å². The molecule has 0 saturated carbocycles. The van der Waals surface area contributed by atoms with E-state index in [1.165, 1.54) is 6.07 Å². The summed E-state index contributed by atoms with van der Waals surface area (Å²) in [6.07, 6.45) is 0.317. The Morgan fingerprint density at radius 2 is 1.94 bits per heavy atom. The van der Waals surface area contributed by atoms with E-state index >= 15 is 0 Å². The zero-order valence-corrected chi connectivity index (χ0v) is 9.77. The number of alkyl halides is 3. The average molecular weight is 265 g/mol. The number of sulfonamides is 1. The monoisotopic (exact) mass is 265 g/mol. The van der Waals surface area contributed by atoms with Crippen molar-refractivity contribution in [3.8, 4) is 0 Å². The summed E-state index contributed by atoms with van der Waals surface area (Å²) in [4.78, 5) is 0. The minimum Gasteiger partial charge on any atom is -0.262 e. The van der Waals surface area contributed by atoms with Crippen LogP contribution in [0, 0.1) is 6.92 Å². The molecular formula is C10H10F3NO2S. The molecular weight excluding hydrogens is 255 g/mol. The quantitative estimate of drug-likeness (QED) is 0.780. The summed E-state index contributed by atoms with van der Waals surface area (Å²) >= 11 is 0. The summed E-state index contributed by atoms with van der Waals surface area (Å²) in [5.74, 6) is 0. The molecule has 1 aliphatic rings. The highest BCUT2D eigenvalue weighted by Crippen LogP contribution is 2.37. The molecule has 7 heteroatoms. The molecule has 1 aromatic carbocycles. The average Bonchev–Trinajstić information content (AvgIpc) is 2.61. The van der Waals surface area contributed by atoms with Crippen molar-refractivity contribution < 1.29 is 21.6 Å². The number of anilines is 1. The van der Waals surface area contributed by atoms with E-state index in [-0.39, 0.29) is 12.2 Å². The van der Waals surface area contributed by atoms with Crippen LogP contribution in [0.2, 0.25) is 0 Å². The van der Waals surface area contributed by atoms with E-state index in [2.05, 4.69) is 0 Å². The third-order valence-electron chi connectivity index (χ3n) is 2.80. The Kier molecular flexibility index (Phi) is 2.61. The van der Waals surface area contributed by atoms with Gasteiger partial charge in [-0.1, -0.05) is 12.1 Å². The lowest BCUT2D eigenvalue weighted by atomic mass is 10.1. The van der Waals surface area contributed by atoms with Gasteiger partial charge in [0.05, 0.1) is 5.69 Å². The SMILES string of the molecule is Cc1cccc2c1CCN2S(=O)(=O)C(F)(F)F. The standard InChI is InChI=1S/C10H10F3NO2S/c1-7-3-2-4-9-8(7)5-6-14(9)17(15,16)10(11,12)13/h2-4H,5-6H2,1H3. The van der Waals surface area contributed by atoms with Crippen LogP contribution >= 0.6 is 0 Å². The van der Waals surface area contributed by atoms with E-state index in [1.807, 2.05) is 0 Å². The van der Waals surface area contributed by atoms with Crippen LogP contribution < -0.4 is 4.31 Å². The van der Waals surface area contributed by atoms with Gasteiger partial charge in [-0.25, -0.2) is 0 Å². The molecule has 0 unspecified atom stereocenters. The number of benzene rings is 1. The molecule has 94 valence electrons. The van der Waals surface area contributed by atoms with Gasteiger partial charge in [0.25, 0.3) is 0 Å². The molecule has 0 bridgehead atoms. The first-order chi connectivity index (χ1) is 7.75. The summed E-state index contributed by atoms with van der Waals surface area (Å²) in [6, 6.07) is 4.71. The first kappa shape index (κ1) is 12.2. The molecule has 0 aliphatic carbocycles. The normalized spacial score (nSPS) is 16.1. The number of hydrogen-bond acceptors (Lipinski definition) is 2. The first-order valence-corrected chi connectivity index (χ1v) is 6.36. The second-order valence-corrected chi connectivity index (χ2v) is 5.70. The number of aryl methyl sites for hydroxylation is 1. The van der Waals surface area contributed by atoms with Crippen LogP contribution in [0.3, 0.4) is 0 Å². The second kappa shape index (κ2) is 3.63. The lowest BCUT2D eigenvalue weighted by Crippen LogP contribution is -2.39. The van der Waals surface area contributed by atoms with Crippen molar-refractivity contribution in [2.45, 2.75) is 18.9 Å². The molecule has 2 rings (SSSR count). The number of fused-ring (bicyclic) bond motifs is 1. The van der Waals surface area contributed by atoms with Gasteiger partial charge in [0.15, 0.2) is 0 Å². The first-order valence-electron chi connectivity index (χ1n) is 4.92. The van der Waals surface area contributed by atoms with E-state index in [0.717, 1.165) is 5.56 Å². The fourth-order valence-electron chi connectivity index (χ4n) is 1.95. The molecule has 1 aliphatic heterocycles. The van der Waals surface area contributed by atoms with E-state index in [0.29, 0.717) is 16.3 Å². The Morgan fingerprint density at radius 1 is 1.29 bits per heavy atom. The predicted octanol–water partition coefficient (Wildman–Crippen LogP) is 2.21. The fourth-order valence-corrected chi connectivity index (χ4v) is 2.97. The highest BCUT2D eigenvalue weighted by Gasteiger charge is 2.51. The number of rotatable bonds is 1. The van der Waals surface area contributed by atoms with Crippen LogP contribution in [0.25, 0.3) is 0 Å². The molecule has 1 heterocycles. The van der Waals surface area contributed by atoms with Crippen molar-refractivity contribution in [3.05, 3.63) is 29.3 Å². The van der Waals surface area contributed by atoms with Gasteiger partial charge in [-0.2, -0.15) is 21.6 Å². The van der Waals surface area contributed by atoms with Gasteiger partial charge in [-0.15, -0.1) is 0 Å². The van der Waals surface area contributed by atoms with Crippen molar-refractivity contribution in [1.82, 2.24) is 0 Å². The Bertz CT molecular complexity index is 551. The molecule has 0 fully saturated rings. The molecule has 0 saturated heterocycles. The summed E-state index contributed by atoms with van der Waals surface area (Å²) in [5, 5.41) is 0. The number of nitrogens with zero attached hydrogens (tertiary/aromatic N) is 1. The third kappa shape index (κ3) is 1.78. The van der Waals surface area contributed by atoms with Crippen LogP contribution in [0.1, 0.15) is 11.1 Å². The minimum absolute atomic E-state index is 0.141. The third-order valence-corrected chi connectivity index (χ3v) is 4.35. The molecule has 0 spiro atoms. The van der Waals surface area contributed by atoms with Crippen molar-refractivity contribution in [2.75, 3.05) is 10.8 Å². The highest BCUT2D eigenvalue weighted by atomic mass is 32.2. The van der Waals surface area contributed by atoms with Crippen molar-refractivity contribution in [3.63, 3.8) is 0 Å². The second-order valence-electron chi connectivity index (χ2n) is 3.85. The zero-order chi connectivity index (χ0) is 12.8. The number of halogens is 3. The van der Waals surface area contributed by atoms with Gasteiger partial charge in [0, 0.05) is 6.54 Å². The predicted molar refractivity (Wildman–Crippen MR) is 57.2 cm³/mol. The fraction of sp³-hybridized carbons (Fsp3) is 0.400. The van der Waals surface area contributed by atoms with Crippen molar-refractivity contribution >= 4 is 15.7 Å². The Labute approximate surface area is 96.9 Å². The van der Waals surface area contributed by atoms with Crippen molar-refractivity contribution in [2.24, 2.45) is 0 Å². The van der Waals surface area contributed by atoms with Gasteiger partial charge in [-0.05, 0) is 30.5 Å². The minimum atomic E-state index is -5.27. The van der Waals surface area contributed by atoms with E-state index < -0.39 is 15.5 Å². The summed E-state index contributed by atoms with van der Waals surface area (Å²) in [6.45, 7) is 1.60. The van der Waals surface area contributed by atoms with Gasteiger partial charge < -0.3 is 0 Å². The van der Waals surface area contributed by atoms with E-state index in [1.54, 1.807) is 19.1 Å². The van der Waals surface area contributed by atoms with Gasteiger partial charge in [-0.3, -0.25) is 4.31 Å². The maximum absolute atomic E-state index is 12.5. The van der Waals surface area contributed by atoms with Crippen LogP contribution in [0.15, 0.2) is 18.2 Å². The van der Waals surface area contributed by atoms with Gasteiger partial charge in [0.1, 0.15) is 0 Å². The van der Waals surface area contributed by atoms with Gasteiger partial charge >= 0.3 is 15.5 Å². The lowest BCUT2D eigenvalue weighted by Gasteiger charge is -2.20. The number of hydrogen-bond donors (Lipinski definition) is 0. The molecule has 0 aromatic heterocycles. The van der Waals surface area contributed by atoms with Crippen molar-refractivity contribution in [1.29, 1.82) is 0 Å². The van der Waals surface area contributed by atoms with E-state index in [9.17, 15) is 21.6 Å².